The minimum absolute atomic E-state index is 0.0637. The van der Waals surface area contributed by atoms with Gasteiger partial charge in [-0.1, -0.05) is 19.0 Å². The van der Waals surface area contributed by atoms with Gasteiger partial charge in [0.25, 0.3) is 5.91 Å². The van der Waals surface area contributed by atoms with E-state index in [0.29, 0.717) is 24.3 Å². The molecule has 1 amide bonds. The van der Waals surface area contributed by atoms with Crippen LogP contribution >= 0.6 is 0 Å². The molecule has 0 aliphatic carbocycles. The van der Waals surface area contributed by atoms with Crippen LogP contribution in [0.2, 0.25) is 0 Å². The highest BCUT2D eigenvalue weighted by Gasteiger charge is 2.23. The van der Waals surface area contributed by atoms with E-state index in [1.165, 1.54) is 12.1 Å². The lowest BCUT2D eigenvalue weighted by molar-refractivity contribution is 0.0918. The Labute approximate surface area is 188 Å². The number of halogens is 1. The third kappa shape index (κ3) is 6.41. The normalized spacial score (nSPS) is 15.8. The Hall–Kier alpha value is -2.68. The Kier molecular flexibility index (Phi) is 8.44. The van der Waals surface area contributed by atoms with E-state index in [1.54, 1.807) is 13.0 Å². The number of nitrogens with one attached hydrogen (secondary N) is 1. The molecule has 2 aromatic rings. The predicted octanol–water partition coefficient (Wildman–Crippen LogP) is 3.52. The average Bonchev–Trinajstić information content (AvgIpc) is 3.28. The number of carbonyl (C=O) groups is 1. The SMILES string of the molecule is CC(C)c1noc(N2CCC(CCCOc3ccc(C(=O)N[C@@H](C)CO)c(F)c3)CC2)n1. The van der Waals surface area contributed by atoms with E-state index in [0.717, 1.165) is 44.6 Å². The van der Waals surface area contributed by atoms with Crippen LogP contribution in [0.3, 0.4) is 0 Å². The summed E-state index contributed by atoms with van der Waals surface area (Å²) in [6.45, 7) is 7.82. The Morgan fingerprint density at radius 2 is 2.09 bits per heavy atom. The maximum atomic E-state index is 14.3. The van der Waals surface area contributed by atoms with Gasteiger partial charge in [-0.15, -0.1) is 0 Å². The first-order chi connectivity index (χ1) is 15.4. The number of hydrogen-bond donors (Lipinski definition) is 2. The number of aromatic nitrogens is 2. The van der Waals surface area contributed by atoms with Crippen LogP contribution in [0, 0.1) is 11.7 Å². The average molecular weight is 449 g/mol. The molecule has 3 rings (SSSR count). The quantitative estimate of drug-likeness (QED) is 0.536. The summed E-state index contributed by atoms with van der Waals surface area (Å²) in [5.41, 5.74) is -0.0637. The highest BCUT2D eigenvalue weighted by molar-refractivity contribution is 5.94. The fourth-order valence-corrected chi connectivity index (χ4v) is 3.68. The fourth-order valence-electron chi connectivity index (χ4n) is 3.68. The van der Waals surface area contributed by atoms with E-state index < -0.39 is 17.8 Å². The molecule has 1 fully saturated rings. The lowest BCUT2D eigenvalue weighted by atomic mass is 9.92. The number of aliphatic hydroxyl groups is 1. The first-order valence-corrected chi connectivity index (χ1v) is 11.3. The molecule has 1 aliphatic heterocycles. The van der Waals surface area contributed by atoms with Crippen molar-refractivity contribution in [2.45, 2.75) is 58.4 Å². The van der Waals surface area contributed by atoms with E-state index in [2.05, 4.69) is 20.4 Å². The fraction of sp³-hybridized carbons (Fsp3) is 0.609. The minimum Gasteiger partial charge on any atom is -0.493 e. The van der Waals surface area contributed by atoms with Gasteiger partial charge in [-0.05, 0) is 50.7 Å². The molecule has 0 saturated carbocycles. The van der Waals surface area contributed by atoms with Crippen LogP contribution in [-0.2, 0) is 0 Å². The zero-order valence-corrected chi connectivity index (χ0v) is 19.0. The zero-order chi connectivity index (χ0) is 23.1. The maximum Gasteiger partial charge on any atom is 0.324 e. The summed E-state index contributed by atoms with van der Waals surface area (Å²) >= 11 is 0. The van der Waals surface area contributed by atoms with Crippen molar-refractivity contribution in [2.24, 2.45) is 5.92 Å². The summed E-state index contributed by atoms with van der Waals surface area (Å²) < 4.78 is 25.3. The molecule has 2 heterocycles. The van der Waals surface area contributed by atoms with Gasteiger partial charge in [-0.2, -0.15) is 4.98 Å². The Morgan fingerprint density at radius 3 is 2.72 bits per heavy atom. The third-order valence-electron chi connectivity index (χ3n) is 5.69. The van der Waals surface area contributed by atoms with Crippen molar-refractivity contribution in [2.75, 3.05) is 31.2 Å². The molecular formula is C23H33FN4O4. The molecule has 176 valence electrons. The second-order valence-electron chi connectivity index (χ2n) is 8.71. The molecule has 1 aliphatic rings. The molecular weight excluding hydrogens is 415 g/mol. The van der Waals surface area contributed by atoms with Gasteiger partial charge >= 0.3 is 6.01 Å². The molecule has 1 aromatic heterocycles. The van der Waals surface area contributed by atoms with E-state index in [9.17, 15) is 9.18 Å². The number of piperidine rings is 1. The number of nitrogens with zero attached hydrogens (tertiary/aromatic N) is 3. The van der Waals surface area contributed by atoms with Crippen molar-refractivity contribution >= 4 is 11.9 Å². The van der Waals surface area contributed by atoms with Crippen LogP contribution in [0.15, 0.2) is 22.7 Å². The summed E-state index contributed by atoms with van der Waals surface area (Å²) in [7, 11) is 0. The van der Waals surface area contributed by atoms with Crippen molar-refractivity contribution in [1.29, 1.82) is 0 Å². The first kappa shape index (κ1) is 24.0. The lowest BCUT2D eigenvalue weighted by Crippen LogP contribution is -2.35. The number of anilines is 1. The topological polar surface area (TPSA) is 101 Å². The van der Waals surface area contributed by atoms with Gasteiger partial charge < -0.3 is 24.6 Å². The Morgan fingerprint density at radius 1 is 1.34 bits per heavy atom. The maximum absolute atomic E-state index is 14.3. The van der Waals surface area contributed by atoms with Crippen molar-refractivity contribution in [1.82, 2.24) is 15.5 Å². The molecule has 0 radical (unpaired) electrons. The standard InChI is InChI=1S/C23H33FN4O4/c1-15(2)21-26-23(32-27-21)28-10-8-17(9-11-28)5-4-12-31-18-6-7-19(20(24)13-18)22(30)25-16(3)14-29/h6-7,13,15-17,29H,4-5,8-12,14H2,1-3H3,(H,25,30)/t16-/m0/s1. The molecule has 0 bridgehead atoms. The number of rotatable bonds is 10. The summed E-state index contributed by atoms with van der Waals surface area (Å²) in [6, 6.07) is 4.40. The molecule has 1 aromatic carbocycles. The van der Waals surface area contributed by atoms with Gasteiger partial charge in [-0.3, -0.25) is 4.79 Å². The summed E-state index contributed by atoms with van der Waals surface area (Å²) in [5.74, 6) is 0.813. The summed E-state index contributed by atoms with van der Waals surface area (Å²) in [5, 5.41) is 15.6. The van der Waals surface area contributed by atoms with E-state index in [-0.39, 0.29) is 18.1 Å². The van der Waals surface area contributed by atoms with Crippen LogP contribution in [0.5, 0.6) is 5.75 Å². The number of carbonyl (C=O) groups excluding carboxylic acids is 1. The van der Waals surface area contributed by atoms with Crippen LogP contribution in [-0.4, -0.2) is 53.5 Å². The molecule has 32 heavy (non-hydrogen) atoms. The van der Waals surface area contributed by atoms with Gasteiger partial charge in [0.05, 0.1) is 18.8 Å². The first-order valence-electron chi connectivity index (χ1n) is 11.3. The third-order valence-corrected chi connectivity index (χ3v) is 5.69. The second-order valence-corrected chi connectivity index (χ2v) is 8.71. The van der Waals surface area contributed by atoms with Crippen molar-refractivity contribution < 1.29 is 23.6 Å². The highest BCUT2D eigenvalue weighted by Crippen LogP contribution is 2.26. The van der Waals surface area contributed by atoms with Crippen molar-refractivity contribution in [3.63, 3.8) is 0 Å². The Bertz CT molecular complexity index is 881. The number of benzene rings is 1. The minimum atomic E-state index is -0.640. The number of amides is 1. The Balaban J connectivity index is 1.37. The van der Waals surface area contributed by atoms with Crippen LogP contribution in [0.1, 0.15) is 68.6 Å². The van der Waals surface area contributed by atoms with Gasteiger partial charge in [0.15, 0.2) is 5.82 Å². The van der Waals surface area contributed by atoms with E-state index in [1.807, 2.05) is 13.8 Å². The second kappa shape index (κ2) is 11.3. The smallest absolute Gasteiger partial charge is 0.324 e. The number of aliphatic hydroxyl groups excluding tert-OH is 1. The van der Waals surface area contributed by atoms with E-state index >= 15 is 0 Å². The molecule has 8 nitrogen and oxygen atoms in total. The van der Waals surface area contributed by atoms with Crippen molar-refractivity contribution in [3.05, 3.63) is 35.4 Å². The largest absolute Gasteiger partial charge is 0.493 e. The molecule has 0 unspecified atom stereocenters. The monoisotopic (exact) mass is 448 g/mol. The molecule has 1 saturated heterocycles. The van der Waals surface area contributed by atoms with Crippen LogP contribution in [0.25, 0.3) is 0 Å². The van der Waals surface area contributed by atoms with Crippen LogP contribution in [0.4, 0.5) is 10.4 Å². The number of hydrogen-bond acceptors (Lipinski definition) is 7. The lowest BCUT2D eigenvalue weighted by Gasteiger charge is -2.30. The van der Waals surface area contributed by atoms with Gasteiger partial charge in [0.2, 0.25) is 0 Å². The number of ether oxygens (including phenoxy) is 1. The highest BCUT2D eigenvalue weighted by atomic mass is 19.1. The van der Waals surface area contributed by atoms with Crippen LogP contribution < -0.4 is 15.0 Å². The molecule has 1 atom stereocenters. The van der Waals surface area contributed by atoms with Gasteiger partial charge in [0.1, 0.15) is 11.6 Å². The molecule has 2 N–H and O–H groups in total. The predicted molar refractivity (Wildman–Crippen MR) is 118 cm³/mol. The summed E-state index contributed by atoms with van der Waals surface area (Å²) in [6.07, 6.45) is 4.03. The van der Waals surface area contributed by atoms with E-state index in [4.69, 9.17) is 14.4 Å². The van der Waals surface area contributed by atoms with Gasteiger partial charge in [-0.25, -0.2) is 4.39 Å². The van der Waals surface area contributed by atoms with Crippen molar-refractivity contribution in [3.8, 4) is 5.75 Å². The molecule has 9 heteroatoms. The molecule has 0 spiro atoms. The van der Waals surface area contributed by atoms with Gasteiger partial charge in [0, 0.05) is 31.1 Å². The summed E-state index contributed by atoms with van der Waals surface area (Å²) in [4.78, 5) is 18.6. The zero-order valence-electron chi connectivity index (χ0n) is 19.0.